The number of thiophene rings is 1. The van der Waals surface area contributed by atoms with Crippen LogP contribution in [0.1, 0.15) is 27.9 Å². The van der Waals surface area contributed by atoms with Gasteiger partial charge in [0, 0.05) is 86.0 Å². The van der Waals surface area contributed by atoms with Gasteiger partial charge in [-0.05, 0) is 78.2 Å². The molecule has 0 radical (unpaired) electrons. The van der Waals surface area contributed by atoms with Crippen LogP contribution in [0.2, 0.25) is 5.02 Å². The highest BCUT2D eigenvalue weighted by atomic mass is 35.5. The number of fused-ring (bicyclic) bond motifs is 6. The molecule has 0 amide bonds. The summed E-state index contributed by atoms with van der Waals surface area (Å²) in [6.45, 7) is 7.97. The maximum atomic E-state index is 14.3. The number of piperazine rings is 1. The molecule has 3 aromatic heterocycles. The Bertz CT molecular complexity index is 2840. The summed E-state index contributed by atoms with van der Waals surface area (Å²) in [6, 6.07) is 25.8. The van der Waals surface area contributed by atoms with E-state index in [2.05, 4.69) is 54.9 Å². The van der Waals surface area contributed by atoms with Gasteiger partial charge < -0.3 is 24.2 Å². The van der Waals surface area contributed by atoms with Crippen molar-refractivity contribution in [2.24, 2.45) is 0 Å². The zero-order valence-corrected chi connectivity index (χ0v) is 38.0. The summed E-state index contributed by atoms with van der Waals surface area (Å²) in [6.07, 6.45) is 2.00. The van der Waals surface area contributed by atoms with E-state index in [1.54, 1.807) is 31.5 Å². The number of hydrogen-bond donors (Lipinski definition) is 1. The summed E-state index contributed by atoms with van der Waals surface area (Å²) >= 11 is 8.85. The van der Waals surface area contributed by atoms with E-state index in [1.165, 1.54) is 29.8 Å². The molecule has 3 aliphatic heterocycles. The second-order valence-corrected chi connectivity index (χ2v) is 17.8. The van der Waals surface area contributed by atoms with Crippen LogP contribution in [0.3, 0.4) is 0 Å². The number of carbonyl (C=O) groups is 1. The Morgan fingerprint density at radius 1 is 0.892 bits per heavy atom. The van der Waals surface area contributed by atoms with Crippen LogP contribution in [0, 0.1) is 12.7 Å². The number of likely N-dealkylation sites (N-methyl/N-ethyl adjacent to an activating group) is 1. The molecule has 10 rings (SSSR count). The third-order valence-corrected chi connectivity index (χ3v) is 13.9. The number of ketones is 1. The van der Waals surface area contributed by atoms with Gasteiger partial charge in [0.1, 0.15) is 41.7 Å². The van der Waals surface area contributed by atoms with Crippen molar-refractivity contribution in [3.8, 4) is 50.3 Å². The molecule has 0 saturated carbocycles. The molecule has 6 heterocycles. The lowest BCUT2D eigenvalue weighted by atomic mass is 9.94. The van der Waals surface area contributed by atoms with E-state index in [-0.39, 0.29) is 24.7 Å². The van der Waals surface area contributed by atoms with Crippen molar-refractivity contribution in [2.45, 2.75) is 39.1 Å². The van der Waals surface area contributed by atoms with Gasteiger partial charge in [0.15, 0.2) is 17.7 Å². The molecular weight excluding hydrogens is 865 g/mol. The highest BCUT2D eigenvalue weighted by Crippen LogP contribution is 2.49. The number of rotatable bonds is 11. The highest BCUT2D eigenvalue weighted by molar-refractivity contribution is 7.22. The molecule has 0 spiro atoms. The molecule has 1 N–H and O–H groups in total. The predicted molar refractivity (Wildman–Crippen MR) is 251 cm³/mol. The van der Waals surface area contributed by atoms with E-state index >= 15 is 0 Å². The van der Waals surface area contributed by atoms with Crippen molar-refractivity contribution in [3.63, 3.8) is 0 Å². The van der Waals surface area contributed by atoms with Gasteiger partial charge in [-0.2, -0.15) is 0 Å². The molecule has 4 aromatic carbocycles. The van der Waals surface area contributed by atoms with Crippen LogP contribution in [0.25, 0.3) is 43.2 Å². The van der Waals surface area contributed by atoms with E-state index < -0.39 is 18.5 Å². The number of para-hydroxylation sites is 1. The highest BCUT2D eigenvalue weighted by Gasteiger charge is 2.30. The molecule has 0 aliphatic carbocycles. The minimum atomic E-state index is -1.17. The molecule has 2 bridgehead atoms. The third kappa shape index (κ3) is 9.60. The van der Waals surface area contributed by atoms with Crippen LogP contribution < -0.4 is 14.2 Å². The summed E-state index contributed by atoms with van der Waals surface area (Å²) in [7, 11) is 3.77. The van der Waals surface area contributed by atoms with Gasteiger partial charge in [0.05, 0.1) is 23.8 Å². The predicted octanol–water partition coefficient (Wildman–Crippen LogP) is 8.29. The molecular formula is C50H49ClFN7O5S. The minimum Gasteiger partial charge on any atom is -0.496 e. The number of aliphatic hydroxyl groups is 1. The molecule has 1 fully saturated rings. The van der Waals surface area contributed by atoms with Crippen molar-refractivity contribution in [1.82, 2.24) is 34.6 Å². The summed E-state index contributed by atoms with van der Waals surface area (Å²) in [4.78, 5) is 41.3. The first-order valence-corrected chi connectivity index (χ1v) is 22.8. The molecule has 0 unspecified atom stereocenters. The number of nitrogens with zero attached hydrogens (tertiary/aromatic N) is 7. The molecule has 12 nitrogen and oxygen atoms in total. The van der Waals surface area contributed by atoms with Crippen molar-refractivity contribution in [3.05, 3.63) is 136 Å². The first-order valence-electron chi connectivity index (χ1n) is 21.6. The normalized spacial score (nSPS) is 16.1. The number of aromatic nitrogens is 4. The van der Waals surface area contributed by atoms with Gasteiger partial charge in [0.25, 0.3) is 0 Å². The van der Waals surface area contributed by atoms with Gasteiger partial charge in [0.2, 0.25) is 5.88 Å². The lowest BCUT2D eigenvalue weighted by Crippen LogP contribution is -2.46. The topological polar surface area (TPSA) is 126 Å². The first-order chi connectivity index (χ1) is 31.7. The second kappa shape index (κ2) is 19.7. The number of carbonyl (C=O) groups excluding carboxylic acids is 1. The molecule has 1 atom stereocenters. The van der Waals surface area contributed by atoms with Crippen LogP contribution in [0.15, 0.2) is 97.5 Å². The fourth-order valence-electron chi connectivity index (χ4n) is 8.60. The van der Waals surface area contributed by atoms with Crippen LogP contribution in [0.5, 0.6) is 17.4 Å². The number of halogens is 2. The van der Waals surface area contributed by atoms with Crippen LogP contribution >= 0.6 is 22.9 Å². The fourth-order valence-corrected chi connectivity index (χ4v) is 9.98. The van der Waals surface area contributed by atoms with E-state index in [9.17, 15) is 14.3 Å². The number of benzene rings is 4. The standard InChI is InChI=1S/C50H49ClFN7O5S/c1-31-37-16-13-34(46(31)51)27-59(24-23-58-21-19-57(2)20-22-58)26-33-7-6-10-42(63-29-36-17-18-53-48(56-36)38-8-4-5-9-41(38)62-3)39(33)25-43(40(61)28-60)64-49-45-44(37)47(65-50(45)55-30-54-49)32-11-14-35(52)15-12-32/h4-18,30,43,60H,19-29H2,1-3H3/t43-/m1/s1. The van der Waals surface area contributed by atoms with Gasteiger partial charge in [-0.3, -0.25) is 14.6 Å². The molecule has 65 heavy (non-hydrogen) atoms. The van der Waals surface area contributed by atoms with E-state index in [0.717, 1.165) is 88.7 Å². The zero-order chi connectivity index (χ0) is 45.0. The number of methoxy groups -OCH3 is 1. The van der Waals surface area contributed by atoms with Gasteiger partial charge >= 0.3 is 0 Å². The van der Waals surface area contributed by atoms with Gasteiger partial charge in [-0.25, -0.2) is 24.3 Å². The molecule has 334 valence electrons. The lowest BCUT2D eigenvalue weighted by molar-refractivity contribution is -0.128. The van der Waals surface area contributed by atoms with Gasteiger partial charge in [-0.1, -0.05) is 60.1 Å². The van der Waals surface area contributed by atoms with Gasteiger partial charge in [-0.15, -0.1) is 11.3 Å². The van der Waals surface area contributed by atoms with Crippen LogP contribution in [0.4, 0.5) is 4.39 Å². The van der Waals surface area contributed by atoms with E-state index in [0.29, 0.717) is 51.3 Å². The zero-order valence-electron chi connectivity index (χ0n) is 36.5. The maximum absolute atomic E-state index is 14.3. The lowest BCUT2D eigenvalue weighted by Gasteiger charge is -2.34. The summed E-state index contributed by atoms with van der Waals surface area (Å²) in [5.41, 5.74) is 7.27. The van der Waals surface area contributed by atoms with Crippen molar-refractivity contribution in [2.75, 3.05) is 60.0 Å². The average Bonchev–Trinajstić information content (AvgIpc) is 3.72. The Morgan fingerprint density at radius 3 is 2.46 bits per heavy atom. The molecule has 7 aromatic rings. The maximum Gasteiger partial charge on any atom is 0.226 e. The summed E-state index contributed by atoms with van der Waals surface area (Å²) < 4.78 is 33.3. The Kier molecular flexibility index (Phi) is 13.4. The van der Waals surface area contributed by atoms with E-state index in [4.69, 9.17) is 30.8 Å². The summed E-state index contributed by atoms with van der Waals surface area (Å²) in [5, 5.41) is 11.7. The van der Waals surface area contributed by atoms with Crippen molar-refractivity contribution in [1.29, 1.82) is 0 Å². The number of ether oxygens (including phenoxy) is 3. The fraction of sp³-hybridized carbons (Fsp3) is 0.300. The molecule has 3 aliphatic rings. The van der Waals surface area contributed by atoms with E-state index in [1.807, 2.05) is 43.3 Å². The quantitative estimate of drug-likeness (QED) is 0.134. The Hall–Kier alpha value is -5.87. The molecule has 1 saturated heterocycles. The number of hydrogen-bond acceptors (Lipinski definition) is 13. The first kappa shape index (κ1) is 44.3. The van der Waals surface area contributed by atoms with Crippen molar-refractivity contribution >= 4 is 38.9 Å². The van der Waals surface area contributed by atoms with Crippen LogP contribution in [-0.4, -0.2) is 112 Å². The average molecular weight is 915 g/mol. The smallest absolute Gasteiger partial charge is 0.226 e. The number of Topliss-reactive ketones (excluding diaryl/α,β-unsaturated/α-hetero) is 1. The second-order valence-electron chi connectivity index (χ2n) is 16.4. The van der Waals surface area contributed by atoms with Crippen LogP contribution in [-0.2, 0) is 30.9 Å². The Labute approximate surface area is 386 Å². The SMILES string of the molecule is COc1ccccc1-c1nccc(COc2cccc3c2C[C@H](C(=O)CO)Oc2ncnc4sc(-c5ccc(F)cc5)c(c24)-c2ccc(c(Cl)c2C)CN(CCN2CCN(C)CC2)C3)n1. The molecule has 15 heteroatoms. The van der Waals surface area contributed by atoms with Crippen molar-refractivity contribution < 1.29 is 28.5 Å². The number of aliphatic hydroxyl groups excluding tert-OH is 1. The largest absolute Gasteiger partial charge is 0.496 e. The summed E-state index contributed by atoms with van der Waals surface area (Å²) in [5.74, 6) is 1.00. The monoisotopic (exact) mass is 913 g/mol. The third-order valence-electron chi connectivity index (χ3n) is 12.2. The minimum absolute atomic E-state index is 0.0622. The Morgan fingerprint density at radius 2 is 1.66 bits per heavy atom. The Balaban J connectivity index is 1.17.